The number of halogens is 2. The summed E-state index contributed by atoms with van der Waals surface area (Å²) in [6, 6.07) is 2.67. The minimum Gasteiger partial charge on any atom is -0.484 e. The second-order valence-electron chi connectivity index (χ2n) is 5.07. The first kappa shape index (κ1) is 10.7. The smallest absolute Gasteiger partial charge is 0.161 e. The van der Waals surface area contributed by atoms with Crippen molar-refractivity contribution in [1.29, 1.82) is 0 Å². The zero-order chi connectivity index (χ0) is 16.6. The summed E-state index contributed by atoms with van der Waals surface area (Å²) in [6.45, 7) is 2.11. The Kier molecular flexibility index (Phi) is 3.07. The molecule has 0 amide bonds. The first-order chi connectivity index (χ1) is 10.8. The average Bonchev–Trinajstić information content (AvgIpc) is 2.62. The molecule has 1 fully saturated rings. The molecule has 0 unspecified atom stereocenters. The molecule has 1 aromatic rings. The van der Waals surface area contributed by atoms with E-state index >= 15 is 0 Å². The zero-order valence-electron chi connectivity index (χ0n) is 13.9. The number of hydrogen-bond donors (Lipinski definition) is 1. The van der Waals surface area contributed by atoms with Gasteiger partial charge in [0.25, 0.3) is 0 Å². The van der Waals surface area contributed by atoms with E-state index < -0.39 is 19.0 Å². The molecule has 0 aromatic heterocycles. The van der Waals surface area contributed by atoms with Crippen molar-refractivity contribution in [3.8, 4) is 5.75 Å². The summed E-state index contributed by atoms with van der Waals surface area (Å²) in [4.78, 5) is 2.07. The van der Waals surface area contributed by atoms with Crippen molar-refractivity contribution in [3.63, 3.8) is 0 Å². The molecular formula is C14H18ClFN2O2. The van der Waals surface area contributed by atoms with E-state index in [-0.39, 0.29) is 17.7 Å². The minimum absolute atomic E-state index is 0.0630. The van der Waals surface area contributed by atoms with E-state index in [9.17, 15) is 4.39 Å². The quantitative estimate of drug-likeness (QED) is 0.907. The number of rotatable bonds is 2. The Morgan fingerprint density at radius 2 is 2.55 bits per heavy atom. The van der Waals surface area contributed by atoms with Gasteiger partial charge in [-0.3, -0.25) is 0 Å². The highest BCUT2D eigenvalue weighted by atomic mass is 35.5. The van der Waals surface area contributed by atoms with Crippen LogP contribution < -0.4 is 15.0 Å². The van der Waals surface area contributed by atoms with Crippen LogP contribution >= 0.6 is 11.6 Å². The lowest BCUT2D eigenvalue weighted by Crippen LogP contribution is -2.52. The topological polar surface area (TPSA) is 33.7 Å². The van der Waals surface area contributed by atoms with Crippen LogP contribution in [0.4, 0.5) is 10.1 Å². The first-order valence-corrected chi connectivity index (χ1v) is 6.98. The number of benzene rings is 1. The molecule has 0 bridgehead atoms. The number of piperazine rings is 1. The van der Waals surface area contributed by atoms with Gasteiger partial charge in [0.2, 0.25) is 0 Å². The summed E-state index contributed by atoms with van der Waals surface area (Å²) < 4.78 is 46.0. The second kappa shape index (κ2) is 5.76. The van der Waals surface area contributed by atoms with Crippen molar-refractivity contribution >= 4 is 17.3 Å². The van der Waals surface area contributed by atoms with Crippen molar-refractivity contribution in [3.05, 3.63) is 23.0 Å². The van der Waals surface area contributed by atoms with Gasteiger partial charge in [0, 0.05) is 45.2 Å². The van der Waals surface area contributed by atoms with Crippen LogP contribution in [0.15, 0.2) is 12.1 Å². The summed E-state index contributed by atoms with van der Waals surface area (Å²) in [5.74, 6) is -0.0385. The molecule has 3 rings (SSSR count). The summed E-state index contributed by atoms with van der Waals surface area (Å²) in [5.41, 5.74) is 0.609. The molecule has 2 aliphatic rings. The number of hydrogen-bond acceptors (Lipinski definition) is 4. The summed E-state index contributed by atoms with van der Waals surface area (Å²) in [7, 11) is -2.48. The van der Waals surface area contributed by atoms with Gasteiger partial charge >= 0.3 is 0 Å². The summed E-state index contributed by atoms with van der Waals surface area (Å²) in [6.07, 6.45) is 0.0995. The second-order valence-corrected chi connectivity index (χ2v) is 5.48. The van der Waals surface area contributed by atoms with Gasteiger partial charge < -0.3 is 19.7 Å². The lowest BCUT2D eigenvalue weighted by molar-refractivity contribution is 0.0746. The molecule has 2 heterocycles. The average molecular weight is 304 g/mol. The Labute approximate surface area is 127 Å². The van der Waals surface area contributed by atoms with Crippen LogP contribution in [-0.2, 0) is 4.74 Å². The molecule has 20 heavy (non-hydrogen) atoms. The highest BCUT2D eigenvalue weighted by Crippen LogP contribution is 2.41. The molecule has 2 atom stereocenters. The first-order valence-electron chi connectivity index (χ1n) is 8.10. The molecule has 0 aliphatic carbocycles. The van der Waals surface area contributed by atoms with E-state index in [0.29, 0.717) is 30.9 Å². The monoisotopic (exact) mass is 303 g/mol. The van der Waals surface area contributed by atoms with Crippen molar-refractivity contribution in [1.82, 2.24) is 5.32 Å². The molecule has 1 N–H and O–H groups in total. The van der Waals surface area contributed by atoms with Crippen molar-refractivity contribution in [2.75, 3.05) is 38.2 Å². The molecule has 2 aliphatic heterocycles. The van der Waals surface area contributed by atoms with E-state index in [1.165, 1.54) is 12.1 Å². The Morgan fingerprint density at radius 3 is 3.40 bits per heavy atom. The van der Waals surface area contributed by atoms with Gasteiger partial charge in [-0.1, -0.05) is 11.6 Å². The zero-order valence-corrected chi connectivity index (χ0v) is 11.6. The maximum atomic E-state index is 13.8. The van der Waals surface area contributed by atoms with E-state index in [1.54, 1.807) is 0 Å². The third kappa shape index (κ3) is 2.57. The maximum Gasteiger partial charge on any atom is 0.161 e. The molecular weight excluding hydrogens is 283 g/mol. The standard InChI is InChI=1S/C14H18ClFN2O2/c1-19-8-11-6-10-7-17-2-3-18(10)13-5-9(16)4-12(15)14(13)20-11/h4-5,10-11,17H,2-3,6-8H2,1H3/t10-,11+/m1/s1/i1D3. The van der Waals surface area contributed by atoms with Crippen LogP contribution in [0.1, 0.15) is 10.5 Å². The lowest BCUT2D eigenvalue weighted by Gasteiger charge is -2.37. The predicted molar refractivity (Wildman–Crippen MR) is 76.3 cm³/mol. The highest BCUT2D eigenvalue weighted by molar-refractivity contribution is 6.32. The minimum atomic E-state index is -2.48. The number of ether oxygens (including phenoxy) is 2. The summed E-state index contributed by atoms with van der Waals surface area (Å²) >= 11 is 6.15. The predicted octanol–water partition coefficient (Wildman–Crippen LogP) is 2.05. The van der Waals surface area contributed by atoms with Crippen molar-refractivity contribution < 1.29 is 18.0 Å². The number of fused-ring (bicyclic) bond motifs is 3. The SMILES string of the molecule is [2H]C([2H])([2H])OC[C@@H]1C[C@@H]2CNCCN2c2cc(F)cc(Cl)c2O1. The maximum absolute atomic E-state index is 13.8. The number of nitrogens with zero attached hydrogens (tertiary/aromatic N) is 1. The van der Waals surface area contributed by atoms with Gasteiger partial charge in [0.15, 0.2) is 5.75 Å². The fourth-order valence-electron chi connectivity index (χ4n) is 2.88. The number of methoxy groups -OCH3 is 1. The largest absolute Gasteiger partial charge is 0.484 e. The van der Waals surface area contributed by atoms with E-state index in [0.717, 1.165) is 6.54 Å². The molecule has 6 heteroatoms. The molecule has 1 saturated heterocycles. The van der Waals surface area contributed by atoms with Gasteiger partial charge in [-0.25, -0.2) is 4.39 Å². The fraction of sp³-hybridized carbons (Fsp3) is 0.571. The van der Waals surface area contributed by atoms with Gasteiger partial charge in [0.05, 0.1) is 21.4 Å². The van der Waals surface area contributed by atoms with Gasteiger partial charge in [-0.2, -0.15) is 0 Å². The Morgan fingerprint density at radius 1 is 1.65 bits per heavy atom. The van der Waals surface area contributed by atoms with E-state index in [1.807, 2.05) is 0 Å². The number of nitrogens with one attached hydrogen (secondary N) is 1. The fourth-order valence-corrected chi connectivity index (χ4v) is 3.12. The Balaban J connectivity index is 1.91. The van der Waals surface area contributed by atoms with Gasteiger partial charge in [-0.15, -0.1) is 0 Å². The normalized spacial score (nSPS) is 28.3. The molecule has 0 radical (unpaired) electrons. The summed E-state index contributed by atoms with van der Waals surface area (Å²) in [5, 5.41) is 3.47. The van der Waals surface area contributed by atoms with Gasteiger partial charge in [-0.05, 0) is 6.07 Å². The van der Waals surface area contributed by atoms with Crippen LogP contribution in [0.3, 0.4) is 0 Å². The van der Waals surface area contributed by atoms with E-state index in [4.69, 9.17) is 25.2 Å². The highest BCUT2D eigenvalue weighted by Gasteiger charge is 2.33. The third-order valence-corrected chi connectivity index (χ3v) is 4.02. The third-order valence-electron chi connectivity index (χ3n) is 3.74. The van der Waals surface area contributed by atoms with Crippen LogP contribution in [0, 0.1) is 5.82 Å². The molecule has 4 nitrogen and oxygen atoms in total. The Hall–Kier alpha value is -1.04. The van der Waals surface area contributed by atoms with Crippen LogP contribution in [0.5, 0.6) is 5.75 Å². The Bertz CT molecular complexity index is 588. The lowest BCUT2D eigenvalue weighted by atomic mass is 10.1. The van der Waals surface area contributed by atoms with E-state index in [2.05, 4.69) is 10.2 Å². The number of anilines is 1. The molecule has 110 valence electrons. The van der Waals surface area contributed by atoms with Crippen LogP contribution in [-0.4, -0.2) is 45.4 Å². The van der Waals surface area contributed by atoms with Crippen molar-refractivity contribution in [2.45, 2.75) is 18.6 Å². The van der Waals surface area contributed by atoms with Crippen LogP contribution in [0.25, 0.3) is 0 Å². The molecule has 0 spiro atoms. The van der Waals surface area contributed by atoms with Gasteiger partial charge in [0.1, 0.15) is 11.9 Å². The van der Waals surface area contributed by atoms with Crippen LogP contribution in [0.2, 0.25) is 5.02 Å². The molecule has 0 saturated carbocycles. The van der Waals surface area contributed by atoms with Crippen molar-refractivity contribution in [2.24, 2.45) is 0 Å². The molecule has 1 aromatic carbocycles.